The zero-order valence-electron chi connectivity index (χ0n) is 9.30. The van der Waals surface area contributed by atoms with Crippen molar-refractivity contribution in [3.05, 3.63) is 0 Å². The highest BCUT2D eigenvalue weighted by Crippen LogP contribution is 2.43. The second-order valence-electron chi connectivity index (χ2n) is 3.37. The van der Waals surface area contributed by atoms with Crippen molar-refractivity contribution in [2.75, 3.05) is 13.2 Å². The van der Waals surface area contributed by atoms with E-state index in [1.165, 1.54) is 0 Å². The van der Waals surface area contributed by atoms with Crippen molar-refractivity contribution < 1.29 is 33.1 Å². The van der Waals surface area contributed by atoms with E-state index in [1.54, 1.807) is 0 Å². The maximum absolute atomic E-state index is 11.4. The first kappa shape index (κ1) is 16.3. The van der Waals surface area contributed by atoms with Crippen molar-refractivity contribution in [2.45, 2.75) is 32.1 Å². The molecule has 0 aliphatic heterocycles. The summed E-state index contributed by atoms with van der Waals surface area (Å²) in [4.78, 5) is 18.6. The van der Waals surface area contributed by atoms with Gasteiger partial charge in [-0.1, -0.05) is 24.0 Å². The average Bonchev–Trinajstić information content (AvgIpc) is 2.26. The second-order valence-corrected chi connectivity index (χ2v) is 4.70. The summed E-state index contributed by atoms with van der Waals surface area (Å²) in [6.07, 6.45) is 2.65. The summed E-state index contributed by atoms with van der Waals surface area (Å²) in [5, 5.41) is 10.5. The molecule has 7 nitrogen and oxygen atoms in total. The van der Waals surface area contributed by atoms with Gasteiger partial charge in [0.25, 0.3) is 0 Å². The van der Waals surface area contributed by atoms with Gasteiger partial charge < -0.3 is 15.3 Å². The number of unbranched alkanes of at least 4 members (excludes halogenated alkanes) is 4. The molecule has 1 unspecified atom stereocenters. The molecule has 1 atom stereocenters. The van der Waals surface area contributed by atoms with Gasteiger partial charge in [0.1, 0.15) is 0 Å². The molecule has 0 saturated heterocycles. The molecule has 0 spiro atoms. The van der Waals surface area contributed by atoms with Gasteiger partial charge in [-0.2, -0.15) is 0 Å². The van der Waals surface area contributed by atoms with Crippen LogP contribution in [0.3, 0.4) is 0 Å². The van der Waals surface area contributed by atoms with E-state index < -0.39 is 13.9 Å². The number of phosphoric acid groups is 1. The molecular weight excluding hydrogens is 256 g/mol. The van der Waals surface area contributed by atoms with Crippen molar-refractivity contribution in [1.29, 1.82) is 0 Å². The molecule has 0 aliphatic rings. The van der Waals surface area contributed by atoms with Crippen LogP contribution >= 0.6 is 7.82 Å². The van der Waals surface area contributed by atoms with Gasteiger partial charge in [0.05, 0.1) is 6.61 Å². The Kier molecular flexibility index (Phi) is 8.97. The third-order valence-corrected chi connectivity index (χ3v) is 2.62. The number of amides is 1. The summed E-state index contributed by atoms with van der Waals surface area (Å²) >= 11 is 0. The maximum atomic E-state index is 11.4. The Morgan fingerprint density at radius 2 is 1.82 bits per heavy atom. The first-order chi connectivity index (χ1) is 7.98. The smallest absolute Gasteiger partial charge is 0.465 e. The molecule has 102 valence electrons. The quantitative estimate of drug-likeness (QED) is 0.416. The molecule has 0 aromatic rings. The molecule has 0 radical (unpaired) electrons. The molecule has 0 aromatic carbocycles. The Hall–Kier alpha value is -0.690. The van der Waals surface area contributed by atoms with Crippen LogP contribution in [0.2, 0.25) is 0 Å². The van der Waals surface area contributed by atoms with Crippen LogP contribution in [-0.4, -0.2) is 29.2 Å². The van der Waals surface area contributed by atoms with Crippen molar-refractivity contribution in [3.63, 3.8) is 0 Å². The van der Waals surface area contributed by atoms with E-state index in [0.29, 0.717) is 13.0 Å². The summed E-state index contributed by atoms with van der Waals surface area (Å²) in [6.45, 7) is 0.360. The van der Waals surface area contributed by atoms with Gasteiger partial charge in [-0.25, -0.2) is 9.36 Å². The van der Waals surface area contributed by atoms with Crippen LogP contribution in [-0.2, 0) is 13.8 Å². The fourth-order valence-electron chi connectivity index (χ4n) is 1.15. The van der Waals surface area contributed by atoms with Crippen LogP contribution in [0, 0.1) is 0 Å². The Morgan fingerprint density at radius 1 is 1.24 bits per heavy atom. The summed E-state index contributed by atoms with van der Waals surface area (Å²) in [5.41, 5.74) is 0. The first-order valence-corrected chi connectivity index (χ1v) is 6.72. The summed E-state index contributed by atoms with van der Waals surface area (Å²) < 4.78 is 28.9. The van der Waals surface area contributed by atoms with Crippen molar-refractivity contribution in [3.8, 4) is 0 Å². The van der Waals surface area contributed by atoms with Gasteiger partial charge in [-0.3, -0.25) is 4.52 Å². The van der Waals surface area contributed by atoms with E-state index in [-0.39, 0.29) is 6.61 Å². The Morgan fingerprint density at radius 3 is 2.41 bits per heavy atom. The molecule has 0 rings (SSSR count). The average molecular weight is 273 g/mol. The number of nitrogens with one attached hydrogen (secondary N) is 1. The van der Waals surface area contributed by atoms with E-state index in [9.17, 15) is 13.9 Å². The zero-order valence-corrected chi connectivity index (χ0v) is 10.2. The van der Waals surface area contributed by atoms with Gasteiger partial charge >= 0.3 is 13.9 Å². The normalized spacial score (nSPS) is 14.2. The fourth-order valence-corrected chi connectivity index (χ4v) is 1.55. The number of phosphoric ester groups is 1. The lowest BCUT2D eigenvalue weighted by Gasteiger charge is -2.06. The van der Waals surface area contributed by atoms with Crippen LogP contribution in [0.5, 0.6) is 0 Å². The van der Waals surface area contributed by atoms with E-state index in [2.05, 4.69) is 14.6 Å². The molecule has 1 amide bonds. The van der Waals surface area contributed by atoms with E-state index >= 15 is 0 Å². The van der Waals surface area contributed by atoms with Gasteiger partial charge in [0.2, 0.25) is 0 Å². The third kappa shape index (κ3) is 11.6. The highest BCUT2D eigenvalue weighted by Gasteiger charge is 2.20. The lowest BCUT2D eigenvalue weighted by Crippen LogP contribution is -2.21. The van der Waals surface area contributed by atoms with E-state index in [4.69, 9.17) is 10.00 Å². The van der Waals surface area contributed by atoms with Crippen molar-refractivity contribution >= 4 is 13.9 Å². The molecule has 0 aromatic heterocycles. The number of carboxylic acid groups (broad SMARTS) is 1. The lowest BCUT2D eigenvalue weighted by atomic mass is 10.1. The van der Waals surface area contributed by atoms with Crippen molar-refractivity contribution in [1.82, 2.24) is 5.32 Å². The fraction of sp³-hybridized carbons (Fsp3) is 0.875. The van der Waals surface area contributed by atoms with Crippen LogP contribution in [0.1, 0.15) is 32.1 Å². The predicted molar refractivity (Wildman–Crippen MR) is 57.1 cm³/mol. The first-order valence-electron chi connectivity index (χ1n) is 5.22. The number of rotatable bonds is 10. The molecule has 0 heterocycles. The standard InChI is InChI=1S/C8H17FNO6P/c9-16-17(13,14)15-7-5-3-1-2-4-6-10-8(11)12/h10H,1-7H2,(H,11,12)(H,13,14). The Bertz CT molecular complexity index is 264. The number of carbonyl (C=O) groups is 1. The molecule has 17 heavy (non-hydrogen) atoms. The monoisotopic (exact) mass is 273 g/mol. The van der Waals surface area contributed by atoms with Gasteiger partial charge in [0.15, 0.2) is 0 Å². The number of hydrogen-bond donors (Lipinski definition) is 3. The molecule has 0 saturated carbocycles. The summed E-state index contributed by atoms with van der Waals surface area (Å²) in [6, 6.07) is 0. The predicted octanol–water partition coefficient (Wildman–Crippen LogP) is 2.22. The van der Waals surface area contributed by atoms with Crippen LogP contribution in [0.15, 0.2) is 0 Å². The molecule has 3 N–H and O–H groups in total. The minimum absolute atomic E-state index is 0.0505. The highest BCUT2D eigenvalue weighted by atomic mass is 31.2. The van der Waals surface area contributed by atoms with E-state index in [1.807, 2.05) is 0 Å². The highest BCUT2D eigenvalue weighted by molar-refractivity contribution is 7.47. The molecule has 0 bridgehead atoms. The zero-order chi connectivity index (χ0) is 13.1. The SMILES string of the molecule is O=C(O)NCCCCCCCOP(=O)(O)OF. The minimum atomic E-state index is -4.49. The van der Waals surface area contributed by atoms with Crippen molar-refractivity contribution in [2.24, 2.45) is 0 Å². The van der Waals surface area contributed by atoms with E-state index in [0.717, 1.165) is 25.7 Å². The summed E-state index contributed by atoms with van der Waals surface area (Å²) in [5.74, 6) is 0. The molecule has 0 aliphatic carbocycles. The van der Waals surface area contributed by atoms with Crippen LogP contribution < -0.4 is 5.32 Å². The van der Waals surface area contributed by atoms with Crippen LogP contribution in [0.25, 0.3) is 0 Å². The second kappa shape index (κ2) is 9.35. The molecular formula is C8H17FNO6P. The number of hydrogen-bond acceptors (Lipinski definition) is 4. The number of halogens is 1. The Balaban J connectivity index is 3.19. The topological polar surface area (TPSA) is 105 Å². The summed E-state index contributed by atoms with van der Waals surface area (Å²) in [7, 11) is -4.49. The van der Waals surface area contributed by atoms with Gasteiger partial charge in [0, 0.05) is 6.54 Å². The largest absolute Gasteiger partial charge is 0.503 e. The maximum Gasteiger partial charge on any atom is 0.503 e. The Labute approximate surface area is 98.4 Å². The van der Waals surface area contributed by atoms with Gasteiger partial charge in [-0.15, -0.1) is 0 Å². The van der Waals surface area contributed by atoms with Crippen LogP contribution in [0.4, 0.5) is 9.32 Å². The molecule has 9 heteroatoms. The van der Waals surface area contributed by atoms with Gasteiger partial charge in [-0.05, 0) is 17.4 Å². The molecule has 0 fully saturated rings. The minimum Gasteiger partial charge on any atom is -0.465 e. The third-order valence-electron chi connectivity index (χ3n) is 1.94. The lowest BCUT2D eigenvalue weighted by molar-refractivity contribution is -0.0480.